The molecule has 1 atom stereocenters. The van der Waals surface area contributed by atoms with E-state index in [4.69, 9.17) is 9.47 Å². The fraction of sp³-hybridized carbons (Fsp3) is 0.273. The van der Waals surface area contributed by atoms with Gasteiger partial charge in [0.25, 0.3) is 5.82 Å². The van der Waals surface area contributed by atoms with Crippen molar-refractivity contribution in [2.75, 3.05) is 19.8 Å². The summed E-state index contributed by atoms with van der Waals surface area (Å²) in [5.41, 5.74) is 1.27. The molecular weight excluding hydrogens is 388 g/mol. The van der Waals surface area contributed by atoms with Crippen LogP contribution in [0, 0.1) is 0 Å². The molecule has 0 bridgehead atoms. The van der Waals surface area contributed by atoms with Crippen molar-refractivity contribution in [1.29, 1.82) is 0 Å². The number of hydrogen-bond donors (Lipinski definition) is 1. The fourth-order valence-electron chi connectivity index (χ4n) is 2.96. The van der Waals surface area contributed by atoms with Crippen LogP contribution in [-0.4, -0.2) is 35.9 Å². The molecular formula is C22H25N2O4S+. The lowest BCUT2D eigenvalue weighted by Gasteiger charge is -2.23. The maximum absolute atomic E-state index is 13.0. The minimum Gasteiger partial charge on any atom is -0.490 e. The Balaban J connectivity index is 1.95. The van der Waals surface area contributed by atoms with Crippen molar-refractivity contribution in [2.45, 2.75) is 20.8 Å². The van der Waals surface area contributed by atoms with Gasteiger partial charge in [-0.25, -0.2) is 10.0 Å². The number of aromatic nitrogens is 1. The Hall–Kier alpha value is -2.74. The minimum absolute atomic E-state index is 0.171. The van der Waals surface area contributed by atoms with Crippen molar-refractivity contribution in [1.82, 2.24) is 9.63 Å². The van der Waals surface area contributed by atoms with E-state index in [1.807, 2.05) is 38.1 Å². The number of hydroxylamine groups is 2. The summed E-state index contributed by atoms with van der Waals surface area (Å²) in [5.74, 6) is 1.21. The summed E-state index contributed by atoms with van der Waals surface area (Å²) in [5, 5.41) is 13.5. The second-order valence-corrected chi connectivity index (χ2v) is 7.15. The van der Waals surface area contributed by atoms with Crippen LogP contribution in [0.4, 0.5) is 5.82 Å². The van der Waals surface area contributed by atoms with Gasteiger partial charge in [-0.15, -0.1) is 11.3 Å². The third kappa shape index (κ3) is 4.32. The SMILES string of the molecule is CCOc1ccc(-c2nc([N+](O)(CC)C(=O)c3ccccc3)cs2)cc1OCC. The van der Waals surface area contributed by atoms with Gasteiger partial charge in [-0.1, -0.05) is 22.8 Å². The first-order valence-electron chi connectivity index (χ1n) is 9.60. The normalized spacial score (nSPS) is 13.0. The maximum atomic E-state index is 13.0. The summed E-state index contributed by atoms with van der Waals surface area (Å²) in [7, 11) is 0. The van der Waals surface area contributed by atoms with E-state index in [1.54, 1.807) is 36.6 Å². The Morgan fingerprint density at radius 1 is 1.03 bits per heavy atom. The molecule has 0 spiro atoms. The van der Waals surface area contributed by atoms with E-state index in [9.17, 15) is 10.0 Å². The van der Waals surface area contributed by atoms with E-state index in [0.717, 1.165) is 5.56 Å². The van der Waals surface area contributed by atoms with Gasteiger partial charge in [-0.2, -0.15) is 4.98 Å². The Bertz CT molecular complexity index is 974. The zero-order valence-corrected chi connectivity index (χ0v) is 17.6. The summed E-state index contributed by atoms with van der Waals surface area (Å²) >= 11 is 1.37. The average Bonchev–Trinajstić information content (AvgIpc) is 3.26. The number of thiazole rings is 1. The van der Waals surface area contributed by atoms with Crippen molar-refractivity contribution >= 4 is 23.1 Å². The zero-order valence-electron chi connectivity index (χ0n) is 16.8. The van der Waals surface area contributed by atoms with Crippen LogP contribution in [-0.2, 0) is 0 Å². The molecule has 0 radical (unpaired) electrons. The molecule has 1 amide bonds. The lowest BCUT2D eigenvalue weighted by Crippen LogP contribution is -2.51. The highest BCUT2D eigenvalue weighted by molar-refractivity contribution is 7.13. The van der Waals surface area contributed by atoms with Crippen LogP contribution in [0.3, 0.4) is 0 Å². The highest BCUT2D eigenvalue weighted by atomic mass is 32.1. The first kappa shape index (κ1) is 21.0. The fourth-order valence-corrected chi connectivity index (χ4v) is 3.81. The highest BCUT2D eigenvalue weighted by Crippen LogP contribution is 2.36. The zero-order chi connectivity index (χ0) is 20.9. The second-order valence-electron chi connectivity index (χ2n) is 6.30. The third-order valence-corrected chi connectivity index (χ3v) is 5.35. The topological polar surface area (TPSA) is 68.7 Å². The van der Waals surface area contributed by atoms with Crippen molar-refractivity contribution in [3.63, 3.8) is 0 Å². The molecule has 1 heterocycles. The molecule has 3 aromatic rings. The van der Waals surface area contributed by atoms with Gasteiger partial charge in [0.05, 0.1) is 24.2 Å². The van der Waals surface area contributed by atoms with Gasteiger partial charge in [-0.05, 0) is 51.1 Å². The lowest BCUT2D eigenvalue weighted by molar-refractivity contribution is -0.0490. The number of carbonyl (C=O) groups excluding carboxylic acids is 1. The number of benzene rings is 2. The highest BCUT2D eigenvalue weighted by Gasteiger charge is 2.40. The second kappa shape index (κ2) is 9.17. The van der Waals surface area contributed by atoms with Gasteiger partial charge >= 0.3 is 5.91 Å². The van der Waals surface area contributed by atoms with Gasteiger partial charge in [0.1, 0.15) is 11.6 Å². The Morgan fingerprint density at radius 3 is 2.38 bits per heavy atom. The first-order valence-corrected chi connectivity index (χ1v) is 10.5. The van der Waals surface area contributed by atoms with Crippen LogP contribution in [0.2, 0.25) is 0 Å². The molecule has 1 unspecified atom stereocenters. The van der Waals surface area contributed by atoms with Gasteiger partial charge in [-0.3, -0.25) is 0 Å². The van der Waals surface area contributed by atoms with E-state index in [1.165, 1.54) is 11.3 Å². The number of amides is 1. The molecule has 0 aliphatic rings. The first-order chi connectivity index (χ1) is 14.0. The van der Waals surface area contributed by atoms with Crippen LogP contribution in [0.1, 0.15) is 31.1 Å². The summed E-state index contributed by atoms with van der Waals surface area (Å²) in [6.45, 7) is 6.82. The molecule has 29 heavy (non-hydrogen) atoms. The Labute approximate surface area is 174 Å². The van der Waals surface area contributed by atoms with E-state index in [0.29, 0.717) is 41.1 Å². The molecule has 0 aliphatic heterocycles. The summed E-state index contributed by atoms with van der Waals surface area (Å²) in [4.78, 5) is 17.5. The average molecular weight is 414 g/mol. The molecule has 3 rings (SSSR count). The molecule has 1 N–H and O–H groups in total. The summed E-state index contributed by atoms with van der Waals surface area (Å²) in [6, 6.07) is 14.4. The summed E-state index contributed by atoms with van der Waals surface area (Å²) < 4.78 is 10.4. The number of quaternary nitrogens is 1. The molecule has 2 aromatic carbocycles. The predicted octanol–water partition coefficient (Wildman–Crippen LogP) is 5.16. The van der Waals surface area contributed by atoms with Gasteiger partial charge in [0.2, 0.25) is 0 Å². The summed E-state index contributed by atoms with van der Waals surface area (Å²) in [6.07, 6.45) is 0. The van der Waals surface area contributed by atoms with Gasteiger partial charge in [0, 0.05) is 5.56 Å². The van der Waals surface area contributed by atoms with Gasteiger partial charge < -0.3 is 9.47 Å². The molecule has 1 aromatic heterocycles. The van der Waals surface area contributed by atoms with E-state index >= 15 is 0 Å². The lowest BCUT2D eigenvalue weighted by atomic mass is 10.2. The van der Waals surface area contributed by atoms with Crippen LogP contribution < -0.4 is 14.1 Å². The smallest absolute Gasteiger partial charge is 0.384 e. The number of nitrogens with zero attached hydrogens (tertiary/aromatic N) is 2. The van der Waals surface area contributed by atoms with Crippen LogP contribution >= 0.6 is 11.3 Å². The monoisotopic (exact) mass is 413 g/mol. The van der Waals surface area contributed by atoms with Crippen molar-refractivity contribution < 1.29 is 19.5 Å². The molecule has 0 saturated heterocycles. The maximum Gasteiger partial charge on any atom is 0.384 e. The number of carbonyl (C=O) groups is 1. The minimum atomic E-state index is -0.879. The number of rotatable bonds is 8. The quantitative estimate of drug-likeness (QED) is 0.314. The van der Waals surface area contributed by atoms with Crippen LogP contribution in [0.25, 0.3) is 10.6 Å². The molecule has 6 nitrogen and oxygen atoms in total. The number of hydrogen-bond acceptors (Lipinski definition) is 6. The molecule has 0 saturated carbocycles. The van der Waals surface area contributed by atoms with E-state index < -0.39 is 10.6 Å². The Kier molecular flexibility index (Phi) is 6.64. The van der Waals surface area contributed by atoms with E-state index in [2.05, 4.69) is 4.98 Å². The largest absolute Gasteiger partial charge is 0.490 e. The number of ether oxygens (including phenoxy) is 2. The third-order valence-electron chi connectivity index (χ3n) is 4.48. The van der Waals surface area contributed by atoms with Gasteiger partial charge in [0.15, 0.2) is 11.5 Å². The Morgan fingerprint density at radius 2 is 1.72 bits per heavy atom. The molecule has 152 valence electrons. The van der Waals surface area contributed by atoms with Crippen molar-refractivity contribution in [3.05, 3.63) is 59.5 Å². The van der Waals surface area contributed by atoms with Crippen LogP contribution in [0.5, 0.6) is 11.5 Å². The molecule has 0 aliphatic carbocycles. The predicted molar refractivity (Wildman–Crippen MR) is 115 cm³/mol. The van der Waals surface area contributed by atoms with E-state index in [-0.39, 0.29) is 6.54 Å². The van der Waals surface area contributed by atoms with Crippen molar-refractivity contribution in [3.8, 4) is 22.1 Å². The molecule has 0 fully saturated rings. The molecule has 7 heteroatoms. The standard InChI is InChI=1S/C22H25N2O4S/c1-4-24(26,22(25)16-10-8-7-9-11-16)20-15-29-21(23-20)17-12-13-18(27-5-2)19(14-17)28-6-3/h7-15,26H,4-6H2,1-3H3/q+1. The van der Waals surface area contributed by atoms with Crippen LogP contribution in [0.15, 0.2) is 53.9 Å². The van der Waals surface area contributed by atoms with Crippen molar-refractivity contribution in [2.24, 2.45) is 0 Å².